The molecule has 0 spiro atoms. The second-order valence-electron chi connectivity index (χ2n) is 9.62. The van der Waals surface area contributed by atoms with Crippen LogP contribution < -0.4 is 5.32 Å². The molecule has 2 amide bonds. The van der Waals surface area contributed by atoms with Crippen molar-refractivity contribution >= 4 is 11.8 Å². The van der Waals surface area contributed by atoms with E-state index in [0.717, 1.165) is 22.3 Å². The predicted molar refractivity (Wildman–Crippen MR) is 134 cm³/mol. The average Bonchev–Trinajstić information content (AvgIpc) is 2.76. The number of carbonyl (C=O) groups is 2. The highest BCUT2D eigenvalue weighted by atomic mass is 16.2. The molecule has 0 aromatic heterocycles. The lowest BCUT2D eigenvalue weighted by atomic mass is 9.99. The Hall–Kier alpha value is -3.40. The van der Waals surface area contributed by atoms with Crippen LogP contribution in [0.3, 0.4) is 0 Å². The fourth-order valence-electron chi connectivity index (χ4n) is 3.89. The number of rotatable bonds is 8. The molecule has 3 aromatic rings. The summed E-state index contributed by atoms with van der Waals surface area (Å²) in [6, 6.07) is 27.1. The highest BCUT2D eigenvalue weighted by Gasteiger charge is 2.32. The summed E-state index contributed by atoms with van der Waals surface area (Å²) < 4.78 is 0. The van der Waals surface area contributed by atoms with Crippen molar-refractivity contribution in [3.8, 4) is 0 Å². The van der Waals surface area contributed by atoms with Crippen LogP contribution in [0, 0.1) is 6.92 Å². The Kier molecular flexibility index (Phi) is 8.05. The minimum Gasteiger partial charge on any atom is -0.350 e. The molecule has 33 heavy (non-hydrogen) atoms. The maximum Gasteiger partial charge on any atom is 0.243 e. The van der Waals surface area contributed by atoms with Crippen molar-refractivity contribution in [2.24, 2.45) is 0 Å². The summed E-state index contributed by atoms with van der Waals surface area (Å²) in [6.45, 7) is 8.29. The number of nitrogens with one attached hydrogen (secondary N) is 1. The van der Waals surface area contributed by atoms with Crippen molar-refractivity contribution < 1.29 is 9.59 Å². The Morgan fingerprint density at radius 3 is 1.97 bits per heavy atom. The summed E-state index contributed by atoms with van der Waals surface area (Å²) in [6.07, 6.45) is 0.704. The molecule has 1 N–H and O–H groups in total. The molecular weight excluding hydrogens is 408 g/mol. The van der Waals surface area contributed by atoms with Crippen molar-refractivity contribution in [2.75, 3.05) is 0 Å². The molecule has 4 heteroatoms. The van der Waals surface area contributed by atoms with Gasteiger partial charge in [0, 0.05) is 18.5 Å². The fourth-order valence-corrected chi connectivity index (χ4v) is 3.89. The molecule has 3 rings (SSSR count). The zero-order valence-electron chi connectivity index (χ0n) is 20.0. The van der Waals surface area contributed by atoms with Gasteiger partial charge in [-0.2, -0.15) is 0 Å². The van der Waals surface area contributed by atoms with E-state index in [9.17, 15) is 9.59 Å². The van der Waals surface area contributed by atoms with Crippen LogP contribution in [0.4, 0.5) is 0 Å². The van der Waals surface area contributed by atoms with Gasteiger partial charge in [0.1, 0.15) is 6.04 Å². The van der Waals surface area contributed by atoms with Crippen LogP contribution in [0.25, 0.3) is 0 Å². The molecule has 0 heterocycles. The van der Waals surface area contributed by atoms with Crippen molar-refractivity contribution in [1.82, 2.24) is 10.2 Å². The summed E-state index contributed by atoms with van der Waals surface area (Å²) in [5, 5.41) is 3.10. The minimum absolute atomic E-state index is 0.0623. The molecule has 0 saturated carbocycles. The zero-order valence-corrected chi connectivity index (χ0v) is 20.0. The van der Waals surface area contributed by atoms with Gasteiger partial charge >= 0.3 is 0 Å². The third kappa shape index (κ3) is 7.60. The number of carbonyl (C=O) groups excluding carboxylic acids is 2. The van der Waals surface area contributed by atoms with Crippen LogP contribution in [0.2, 0.25) is 0 Å². The van der Waals surface area contributed by atoms with Crippen LogP contribution in [0.1, 0.15) is 43.0 Å². The first-order valence-corrected chi connectivity index (χ1v) is 11.5. The highest BCUT2D eigenvalue weighted by molar-refractivity contribution is 5.89. The molecule has 0 fully saturated rings. The number of nitrogens with zero attached hydrogens (tertiary/aromatic N) is 1. The van der Waals surface area contributed by atoms with Gasteiger partial charge < -0.3 is 10.2 Å². The van der Waals surface area contributed by atoms with Gasteiger partial charge in [-0.1, -0.05) is 90.5 Å². The standard InChI is InChI=1S/C29H34N2O2/c1-22-12-11-17-25(18-22)21-31(27(32)20-24-15-9-6-10-16-24)26(28(33)30-29(2,3)4)19-23-13-7-5-8-14-23/h5-18,26H,19-21H2,1-4H3,(H,30,33). The van der Waals surface area contributed by atoms with E-state index in [4.69, 9.17) is 0 Å². The van der Waals surface area contributed by atoms with E-state index in [1.807, 2.05) is 107 Å². The third-order valence-electron chi connectivity index (χ3n) is 5.40. The second kappa shape index (κ2) is 11.0. The largest absolute Gasteiger partial charge is 0.350 e. The molecule has 0 aliphatic rings. The van der Waals surface area contributed by atoms with Crippen LogP contribution in [0.5, 0.6) is 0 Å². The monoisotopic (exact) mass is 442 g/mol. The van der Waals surface area contributed by atoms with E-state index in [1.165, 1.54) is 0 Å². The summed E-state index contributed by atoms with van der Waals surface area (Å²) in [4.78, 5) is 28.9. The topological polar surface area (TPSA) is 49.4 Å². The van der Waals surface area contributed by atoms with Gasteiger partial charge in [-0.3, -0.25) is 9.59 Å². The molecule has 0 bridgehead atoms. The molecule has 172 valence electrons. The van der Waals surface area contributed by atoms with E-state index in [0.29, 0.717) is 13.0 Å². The SMILES string of the molecule is Cc1cccc(CN(C(=O)Cc2ccccc2)C(Cc2ccccc2)C(=O)NC(C)(C)C)c1. The summed E-state index contributed by atoms with van der Waals surface area (Å²) in [5.74, 6) is -0.201. The number of benzene rings is 3. The lowest BCUT2D eigenvalue weighted by molar-refractivity contribution is -0.141. The van der Waals surface area contributed by atoms with E-state index < -0.39 is 11.6 Å². The quantitative estimate of drug-likeness (QED) is 0.528. The van der Waals surface area contributed by atoms with Crippen molar-refractivity contribution in [1.29, 1.82) is 0 Å². The summed E-state index contributed by atoms with van der Waals surface area (Å²) >= 11 is 0. The van der Waals surface area contributed by atoms with Crippen molar-refractivity contribution in [2.45, 2.75) is 58.7 Å². The predicted octanol–water partition coefficient (Wildman–Crippen LogP) is 5.09. The minimum atomic E-state index is -0.622. The van der Waals surface area contributed by atoms with Gasteiger partial charge in [0.15, 0.2) is 0 Å². The van der Waals surface area contributed by atoms with Crippen LogP contribution in [-0.4, -0.2) is 28.3 Å². The fraction of sp³-hybridized carbons (Fsp3) is 0.310. The van der Waals surface area contributed by atoms with Gasteiger partial charge in [0.05, 0.1) is 6.42 Å². The average molecular weight is 443 g/mol. The first kappa shape index (κ1) is 24.2. The Morgan fingerprint density at radius 1 is 0.818 bits per heavy atom. The second-order valence-corrected chi connectivity index (χ2v) is 9.62. The molecule has 0 aliphatic carbocycles. The normalized spacial score (nSPS) is 12.1. The number of hydrogen-bond donors (Lipinski definition) is 1. The van der Waals surface area contributed by atoms with E-state index in [2.05, 4.69) is 11.4 Å². The maximum absolute atomic E-state index is 13.6. The smallest absolute Gasteiger partial charge is 0.243 e. The first-order chi connectivity index (χ1) is 15.7. The maximum atomic E-state index is 13.6. The van der Waals surface area contributed by atoms with Gasteiger partial charge in [-0.15, -0.1) is 0 Å². The molecule has 3 aromatic carbocycles. The van der Waals surface area contributed by atoms with Crippen LogP contribution in [-0.2, 0) is 29.0 Å². The number of aryl methyl sites for hydroxylation is 1. The van der Waals surface area contributed by atoms with Gasteiger partial charge in [0.25, 0.3) is 0 Å². The zero-order chi connectivity index (χ0) is 23.8. The number of hydrogen-bond acceptors (Lipinski definition) is 2. The Balaban J connectivity index is 1.98. The lowest BCUT2D eigenvalue weighted by Crippen LogP contribution is -2.54. The molecule has 1 atom stereocenters. The lowest BCUT2D eigenvalue weighted by Gasteiger charge is -2.34. The van der Waals surface area contributed by atoms with Gasteiger partial charge in [-0.05, 0) is 44.4 Å². The molecule has 0 saturated heterocycles. The van der Waals surface area contributed by atoms with Crippen molar-refractivity contribution in [3.63, 3.8) is 0 Å². The van der Waals surface area contributed by atoms with E-state index >= 15 is 0 Å². The van der Waals surface area contributed by atoms with Crippen molar-refractivity contribution in [3.05, 3.63) is 107 Å². The molecule has 1 unspecified atom stereocenters. The molecule has 0 radical (unpaired) electrons. The van der Waals surface area contributed by atoms with Gasteiger partial charge in [-0.25, -0.2) is 0 Å². The summed E-state index contributed by atoms with van der Waals surface area (Å²) in [5.41, 5.74) is 3.70. The third-order valence-corrected chi connectivity index (χ3v) is 5.40. The molecule has 0 aliphatic heterocycles. The van der Waals surface area contributed by atoms with Crippen LogP contribution in [0.15, 0.2) is 84.9 Å². The Labute approximate surface area is 197 Å². The number of amides is 2. The highest BCUT2D eigenvalue weighted by Crippen LogP contribution is 2.18. The van der Waals surface area contributed by atoms with Gasteiger partial charge in [0.2, 0.25) is 11.8 Å². The Bertz CT molecular complexity index is 1060. The molecule has 4 nitrogen and oxygen atoms in total. The van der Waals surface area contributed by atoms with E-state index in [-0.39, 0.29) is 18.2 Å². The summed E-state index contributed by atoms with van der Waals surface area (Å²) in [7, 11) is 0. The Morgan fingerprint density at radius 2 is 1.39 bits per heavy atom. The first-order valence-electron chi connectivity index (χ1n) is 11.5. The molecular formula is C29H34N2O2. The van der Waals surface area contributed by atoms with E-state index in [1.54, 1.807) is 4.90 Å². The van der Waals surface area contributed by atoms with Crippen LogP contribution >= 0.6 is 0 Å².